The molecule has 0 aliphatic carbocycles. The fourth-order valence-electron chi connectivity index (χ4n) is 3.41. The predicted molar refractivity (Wildman–Crippen MR) is 178 cm³/mol. The number of aliphatic hydroxyl groups is 1. The summed E-state index contributed by atoms with van der Waals surface area (Å²) in [5.74, 6) is -0.139. The van der Waals surface area contributed by atoms with E-state index in [1.165, 1.54) is 14.2 Å². The molecule has 0 amide bonds. The SMILES string of the molecule is COC(=O)CCn1ccc(-c2ncccc2CCl)n1.COC(=O)CCn1ccc(-c2ncccc2CO)n1.Cl.O=S(Cl)Cl.[2H]CC. The molecule has 0 atom stereocenters. The van der Waals surface area contributed by atoms with Gasteiger partial charge in [-0.15, -0.1) is 24.0 Å². The molecule has 0 spiro atoms. The maximum absolute atomic E-state index is 11.1. The molecule has 0 bridgehead atoms. The standard InChI is InChI=1S/C13H14ClN3O2.C13H15N3O3.C2H6.Cl2OS.ClH/c1-19-12(18)5-8-17-7-4-11(16-17)13-10(9-14)3-2-6-15-13;1-19-12(18)5-8-16-7-4-11(15-16)13-10(9-17)3-2-6-14-13;1-2;1-4(2)3;/h2-4,6-7H,5,8-9H2,1H3;2-4,6-7,17H,5,8-9H2,1H3;1-2H3;;1H/i;;1D;;. The Hall–Kier alpha value is -3.07. The summed E-state index contributed by atoms with van der Waals surface area (Å²) in [6, 6.07) is 11.0. The molecular formula is C28H36Cl4N6O6S. The second kappa shape index (κ2) is 24.2. The number of pyridine rings is 2. The van der Waals surface area contributed by atoms with Gasteiger partial charge >= 0.3 is 11.9 Å². The van der Waals surface area contributed by atoms with Crippen molar-refractivity contribution in [1.82, 2.24) is 29.5 Å². The van der Waals surface area contributed by atoms with Gasteiger partial charge in [-0.05, 0) is 29.8 Å². The van der Waals surface area contributed by atoms with Crippen LogP contribution in [0.3, 0.4) is 0 Å². The number of aliphatic hydroxyl groups excluding tert-OH is 1. The minimum Gasteiger partial charge on any atom is -0.469 e. The molecule has 17 heteroatoms. The van der Waals surface area contributed by atoms with Crippen molar-refractivity contribution in [1.29, 1.82) is 0 Å². The van der Waals surface area contributed by atoms with E-state index in [0.717, 1.165) is 22.5 Å². The first kappa shape index (κ1) is 40.0. The Labute approximate surface area is 286 Å². The number of hydrogen-bond acceptors (Lipinski definition) is 10. The zero-order valence-electron chi connectivity index (χ0n) is 25.8. The third kappa shape index (κ3) is 15.7. The van der Waals surface area contributed by atoms with Gasteiger partial charge in [-0.1, -0.05) is 26.0 Å². The van der Waals surface area contributed by atoms with E-state index in [4.69, 9.17) is 17.2 Å². The molecule has 0 aromatic carbocycles. The highest BCUT2D eigenvalue weighted by Crippen LogP contribution is 2.21. The maximum Gasteiger partial charge on any atom is 0.307 e. The maximum atomic E-state index is 11.1. The van der Waals surface area contributed by atoms with E-state index in [9.17, 15) is 14.7 Å². The van der Waals surface area contributed by atoms with Crippen LogP contribution in [0.1, 0.15) is 39.2 Å². The number of ether oxygens (including phenoxy) is 2. The van der Waals surface area contributed by atoms with Gasteiger partial charge in [0.15, 0.2) is 0 Å². The van der Waals surface area contributed by atoms with Crippen molar-refractivity contribution in [3.8, 4) is 22.8 Å². The van der Waals surface area contributed by atoms with Crippen LogP contribution in [0.5, 0.6) is 0 Å². The van der Waals surface area contributed by atoms with Gasteiger partial charge in [-0.2, -0.15) is 10.2 Å². The lowest BCUT2D eigenvalue weighted by Gasteiger charge is -2.03. The van der Waals surface area contributed by atoms with Crippen LogP contribution in [-0.2, 0) is 53.9 Å². The zero-order valence-corrected chi connectivity index (χ0v) is 28.7. The summed E-state index contributed by atoms with van der Waals surface area (Å²) in [6.07, 6.45) is 7.51. The predicted octanol–water partition coefficient (Wildman–Crippen LogP) is 5.74. The van der Waals surface area contributed by atoms with E-state index in [2.05, 4.69) is 51.0 Å². The Morgan fingerprint density at radius 2 is 1.29 bits per heavy atom. The van der Waals surface area contributed by atoms with E-state index in [1.54, 1.807) is 53.1 Å². The number of methoxy groups -OCH3 is 2. The molecule has 4 aromatic heterocycles. The third-order valence-electron chi connectivity index (χ3n) is 5.41. The average Bonchev–Trinajstić information content (AvgIpc) is 3.73. The molecule has 1 N–H and O–H groups in total. The lowest BCUT2D eigenvalue weighted by atomic mass is 10.1. The van der Waals surface area contributed by atoms with Crippen LogP contribution in [0.25, 0.3) is 22.8 Å². The van der Waals surface area contributed by atoms with Crippen LogP contribution < -0.4 is 0 Å². The summed E-state index contributed by atoms with van der Waals surface area (Å²) in [5.41, 5.74) is 4.51. The topological polar surface area (TPSA) is 151 Å². The molecule has 0 fully saturated rings. The first-order chi connectivity index (χ1) is 21.6. The zero-order chi connectivity index (χ0) is 33.6. The number of carbonyl (C=O) groups excluding carboxylic acids is 2. The van der Waals surface area contributed by atoms with Gasteiger partial charge in [0.25, 0.3) is 0 Å². The lowest BCUT2D eigenvalue weighted by Crippen LogP contribution is -2.07. The largest absolute Gasteiger partial charge is 0.469 e. The van der Waals surface area contributed by atoms with Crippen LogP contribution in [0.15, 0.2) is 61.2 Å². The van der Waals surface area contributed by atoms with Crippen molar-refractivity contribution in [2.24, 2.45) is 0 Å². The first-order valence-electron chi connectivity index (χ1n) is 13.6. The molecule has 0 saturated carbocycles. The number of rotatable bonds is 10. The number of hydrogen-bond donors (Lipinski definition) is 1. The van der Waals surface area contributed by atoms with Gasteiger partial charge in [-0.25, -0.2) is 4.21 Å². The molecule has 4 rings (SSSR count). The van der Waals surface area contributed by atoms with E-state index in [0.29, 0.717) is 43.7 Å². The average molecular weight is 728 g/mol. The van der Waals surface area contributed by atoms with Crippen LogP contribution in [0.2, 0.25) is 0 Å². The number of halogens is 4. The van der Waals surface area contributed by atoms with Crippen LogP contribution in [0, 0.1) is 0 Å². The molecule has 0 saturated heterocycles. The molecule has 12 nitrogen and oxygen atoms in total. The minimum absolute atomic E-state index is 0. The summed E-state index contributed by atoms with van der Waals surface area (Å²) in [5, 5.41) is 18.0. The Morgan fingerprint density at radius 1 is 0.889 bits per heavy atom. The number of carbonyl (C=O) groups is 2. The Kier molecular flexibility index (Phi) is 21.5. The van der Waals surface area contributed by atoms with Crippen molar-refractivity contribution < 1.29 is 29.7 Å². The number of alkyl halides is 1. The van der Waals surface area contributed by atoms with Gasteiger partial charge in [0, 0.05) is 59.0 Å². The van der Waals surface area contributed by atoms with Gasteiger partial charge in [0.2, 0.25) is 9.23 Å². The van der Waals surface area contributed by atoms with Crippen molar-refractivity contribution in [3.05, 3.63) is 72.3 Å². The van der Waals surface area contributed by atoms with Crippen molar-refractivity contribution in [2.45, 2.75) is 52.2 Å². The highest BCUT2D eigenvalue weighted by atomic mass is 36.0. The highest BCUT2D eigenvalue weighted by molar-refractivity contribution is 8.26. The van der Waals surface area contributed by atoms with Gasteiger partial charge in [-0.3, -0.25) is 28.9 Å². The molecule has 0 unspecified atom stereocenters. The fourth-order valence-corrected chi connectivity index (χ4v) is 3.63. The Bertz CT molecular complexity index is 1370. The Morgan fingerprint density at radius 3 is 1.67 bits per heavy atom. The second-order valence-electron chi connectivity index (χ2n) is 8.08. The van der Waals surface area contributed by atoms with Gasteiger partial charge in [0.1, 0.15) is 11.4 Å². The number of nitrogens with zero attached hydrogens (tertiary/aromatic N) is 6. The van der Waals surface area contributed by atoms with Gasteiger partial charge < -0.3 is 14.6 Å². The van der Waals surface area contributed by atoms with Crippen LogP contribution >= 0.6 is 45.4 Å². The van der Waals surface area contributed by atoms with Crippen molar-refractivity contribution in [3.63, 3.8) is 0 Å². The van der Waals surface area contributed by atoms with Crippen LogP contribution in [0.4, 0.5) is 0 Å². The Balaban J connectivity index is 0.000000720. The summed E-state index contributed by atoms with van der Waals surface area (Å²) >= 11 is 5.87. The normalized spacial score (nSPS) is 10.0. The second-order valence-corrected chi connectivity index (χ2v) is 10.9. The lowest BCUT2D eigenvalue weighted by molar-refractivity contribution is -0.141. The smallest absolute Gasteiger partial charge is 0.307 e. The molecule has 248 valence electrons. The van der Waals surface area contributed by atoms with Crippen molar-refractivity contribution >= 4 is 66.5 Å². The van der Waals surface area contributed by atoms with Crippen LogP contribution in [-0.4, -0.2) is 65.0 Å². The number of aromatic nitrogens is 6. The molecule has 4 heterocycles. The number of aryl methyl sites for hydroxylation is 2. The van der Waals surface area contributed by atoms with Crippen molar-refractivity contribution in [2.75, 3.05) is 14.2 Å². The molecule has 4 aromatic rings. The van der Waals surface area contributed by atoms with E-state index in [1.807, 2.05) is 24.4 Å². The highest BCUT2D eigenvalue weighted by Gasteiger charge is 2.11. The van der Waals surface area contributed by atoms with Gasteiger partial charge in [0.05, 0.1) is 58.1 Å². The van der Waals surface area contributed by atoms with E-state index >= 15 is 0 Å². The monoisotopic (exact) mass is 725 g/mol. The third-order valence-corrected chi connectivity index (χ3v) is 5.70. The first-order valence-corrected chi connectivity index (χ1v) is 16.3. The fraction of sp³-hybridized carbons (Fsp3) is 0.357. The summed E-state index contributed by atoms with van der Waals surface area (Å²) < 4.78 is 27.8. The summed E-state index contributed by atoms with van der Waals surface area (Å²) in [6.45, 7) is 3.14. The molecule has 45 heavy (non-hydrogen) atoms. The molecule has 0 radical (unpaired) electrons. The number of esters is 2. The minimum atomic E-state index is -1.67. The molecule has 0 aliphatic heterocycles. The quantitative estimate of drug-likeness (QED) is 0.122. The molecule has 0 aliphatic rings. The molecular weight excluding hydrogens is 690 g/mol. The van der Waals surface area contributed by atoms with E-state index < -0.39 is 9.23 Å². The van der Waals surface area contributed by atoms with E-state index in [-0.39, 0.29) is 37.4 Å². The summed E-state index contributed by atoms with van der Waals surface area (Å²) in [4.78, 5) is 30.6. The summed E-state index contributed by atoms with van der Waals surface area (Å²) in [7, 11) is 10.1.